The first-order valence-electron chi connectivity index (χ1n) is 9.63. The summed E-state index contributed by atoms with van der Waals surface area (Å²) in [6.45, 7) is 0.111. The summed E-state index contributed by atoms with van der Waals surface area (Å²) in [5.41, 5.74) is 1.39. The highest BCUT2D eigenvalue weighted by atomic mass is 35.5. The van der Waals surface area contributed by atoms with Crippen molar-refractivity contribution in [2.45, 2.75) is 6.61 Å². The van der Waals surface area contributed by atoms with Gasteiger partial charge in [-0.15, -0.1) is 0 Å². The number of anilines is 1. The van der Waals surface area contributed by atoms with Crippen molar-refractivity contribution in [1.82, 2.24) is 0 Å². The molecule has 8 nitrogen and oxygen atoms in total. The molecule has 9 heteroatoms. The SMILES string of the molecule is COc1ccc(/C=C(\C#N)C(=O)Nc2ccccc2Cl)c(OCc2ccc([N+](=O)[O-])cc2)c1. The summed E-state index contributed by atoms with van der Waals surface area (Å²) in [5.74, 6) is 0.263. The lowest BCUT2D eigenvalue weighted by Crippen LogP contribution is -2.13. The van der Waals surface area contributed by atoms with E-state index in [1.807, 2.05) is 6.07 Å². The van der Waals surface area contributed by atoms with Gasteiger partial charge in [-0.1, -0.05) is 23.7 Å². The van der Waals surface area contributed by atoms with Crippen LogP contribution in [0.25, 0.3) is 6.08 Å². The number of nitrogens with zero attached hydrogens (tertiary/aromatic N) is 2. The number of para-hydroxylation sites is 1. The number of ether oxygens (including phenoxy) is 2. The Morgan fingerprint density at radius 2 is 1.91 bits per heavy atom. The van der Waals surface area contributed by atoms with Gasteiger partial charge in [0.15, 0.2) is 0 Å². The van der Waals surface area contributed by atoms with Crippen LogP contribution in [0.4, 0.5) is 11.4 Å². The van der Waals surface area contributed by atoms with Gasteiger partial charge >= 0.3 is 0 Å². The van der Waals surface area contributed by atoms with Crippen molar-refractivity contribution in [3.05, 3.63) is 98.6 Å². The molecule has 3 aromatic carbocycles. The molecule has 3 rings (SSSR count). The van der Waals surface area contributed by atoms with E-state index in [0.29, 0.717) is 33.3 Å². The summed E-state index contributed by atoms with van der Waals surface area (Å²) < 4.78 is 11.1. The number of nitrogens with one attached hydrogen (secondary N) is 1. The lowest BCUT2D eigenvalue weighted by molar-refractivity contribution is -0.384. The van der Waals surface area contributed by atoms with Crippen LogP contribution in [-0.2, 0) is 11.4 Å². The maximum atomic E-state index is 12.6. The third kappa shape index (κ3) is 6.09. The van der Waals surface area contributed by atoms with Crippen molar-refractivity contribution >= 4 is 35.0 Å². The van der Waals surface area contributed by atoms with Gasteiger partial charge in [0, 0.05) is 23.8 Å². The monoisotopic (exact) mass is 463 g/mol. The molecule has 0 aliphatic rings. The Balaban J connectivity index is 1.84. The van der Waals surface area contributed by atoms with Crippen molar-refractivity contribution in [1.29, 1.82) is 5.26 Å². The van der Waals surface area contributed by atoms with E-state index in [2.05, 4.69) is 5.32 Å². The first-order chi connectivity index (χ1) is 15.9. The zero-order chi connectivity index (χ0) is 23.8. The van der Waals surface area contributed by atoms with Gasteiger partial charge in [-0.2, -0.15) is 5.26 Å². The van der Waals surface area contributed by atoms with Crippen LogP contribution in [0.2, 0.25) is 5.02 Å². The third-order valence-electron chi connectivity index (χ3n) is 4.55. The molecule has 0 atom stereocenters. The van der Waals surface area contributed by atoms with Crippen LogP contribution in [0.15, 0.2) is 72.3 Å². The van der Waals surface area contributed by atoms with Gasteiger partial charge < -0.3 is 14.8 Å². The fraction of sp³-hybridized carbons (Fsp3) is 0.0833. The van der Waals surface area contributed by atoms with Crippen LogP contribution < -0.4 is 14.8 Å². The fourth-order valence-corrected chi connectivity index (χ4v) is 3.00. The topological polar surface area (TPSA) is 114 Å². The van der Waals surface area contributed by atoms with Crippen LogP contribution in [-0.4, -0.2) is 17.9 Å². The number of nitriles is 1. The largest absolute Gasteiger partial charge is 0.497 e. The lowest BCUT2D eigenvalue weighted by Gasteiger charge is -2.12. The van der Waals surface area contributed by atoms with E-state index in [1.165, 1.54) is 25.3 Å². The Kier molecular flexibility index (Phi) is 7.63. The van der Waals surface area contributed by atoms with E-state index in [9.17, 15) is 20.2 Å². The molecule has 0 heterocycles. The molecule has 0 unspecified atom stereocenters. The normalized spacial score (nSPS) is 10.8. The van der Waals surface area contributed by atoms with E-state index in [4.69, 9.17) is 21.1 Å². The van der Waals surface area contributed by atoms with E-state index < -0.39 is 10.8 Å². The second kappa shape index (κ2) is 10.8. The fourth-order valence-electron chi connectivity index (χ4n) is 2.82. The van der Waals surface area contributed by atoms with E-state index >= 15 is 0 Å². The zero-order valence-electron chi connectivity index (χ0n) is 17.4. The van der Waals surface area contributed by atoms with Gasteiger partial charge in [0.25, 0.3) is 11.6 Å². The minimum atomic E-state index is -0.622. The number of nitro groups is 1. The number of benzene rings is 3. The summed E-state index contributed by atoms with van der Waals surface area (Å²) in [6, 6.07) is 19.5. The molecule has 1 amide bonds. The average Bonchev–Trinajstić information content (AvgIpc) is 2.83. The van der Waals surface area contributed by atoms with Crippen molar-refractivity contribution in [2.24, 2.45) is 0 Å². The van der Waals surface area contributed by atoms with Crippen LogP contribution in [0.3, 0.4) is 0 Å². The Labute approximate surface area is 194 Å². The minimum Gasteiger partial charge on any atom is -0.497 e. The number of amides is 1. The molecule has 0 aliphatic heterocycles. The maximum absolute atomic E-state index is 12.6. The van der Waals surface area contributed by atoms with Crippen LogP contribution >= 0.6 is 11.6 Å². The van der Waals surface area contributed by atoms with Crippen molar-refractivity contribution < 1.29 is 19.2 Å². The summed E-state index contributed by atoms with van der Waals surface area (Å²) >= 11 is 6.07. The number of nitro benzene ring substituents is 1. The molecule has 0 saturated heterocycles. The number of carbonyl (C=O) groups is 1. The van der Waals surface area contributed by atoms with E-state index in [-0.39, 0.29) is 17.9 Å². The molecular weight excluding hydrogens is 446 g/mol. The standard InChI is InChI=1S/C24H18ClN3O5/c1-32-20-11-8-17(12-18(14-26)24(29)27-22-5-3-2-4-21(22)25)23(13-20)33-15-16-6-9-19(10-7-16)28(30)31/h2-13H,15H2,1H3,(H,27,29)/b18-12+. The van der Waals surface area contributed by atoms with Gasteiger partial charge in [-0.05, 0) is 48.0 Å². The predicted octanol–water partition coefficient (Wildman–Crippen LogP) is 5.38. The van der Waals surface area contributed by atoms with Gasteiger partial charge in [0.1, 0.15) is 29.7 Å². The lowest BCUT2D eigenvalue weighted by atomic mass is 10.1. The molecule has 166 valence electrons. The van der Waals surface area contributed by atoms with Crippen LogP contribution in [0.5, 0.6) is 11.5 Å². The number of non-ortho nitro benzene ring substituents is 1. The molecule has 1 N–H and O–H groups in total. The molecule has 0 aliphatic carbocycles. The number of hydrogen-bond donors (Lipinski definition) is 1. The van der Waals surface area contributed by atoms with Crippen molar-refractivity contribution in [3.63, 3.8) is 0 Å². The summed E-state index contributed by atoms with van der Waals surface area (Å²) in [6.07, 6.45) is 1.40. The zero-order valence-corrected chi connectivity index (χ0v) is 18.2. The van der Waals surface area contributed by atoms with Gasteiger partial charge in [0.05, 0.1) is 22.7 Å². The molecule has 0 saturated carbocycles. The number of methoxy groups -OCH3 is 1. The van der Waals surface area contributed by atoms with E-state index in [1.54, 1.807) is 54.6 Å². The average molecular weight is 464 g/mol. The third-order valence-corrected chi connectivity index (χ3v) is 4.88. The van der Waals surface area contributed by atoms with Gasteiger partial charge in [-0.25, -0.2) is 0 Å². The molecule has 0 fully saturated rings. The molecule has 0 radical (unpaired) electrons. The van der Waals surface area contributed by atoms with Crippen LogP contribution in [0.1, 0.15) is 11.1 Å². The smallest absolute Gasteiger partial charge is 0.269 e. The summed E-state index contributed by atoms with van der Waals surface area (Å²) in [7, 11) is 1.50. The van der Waals surface area contributed by atoms with Crippen molar-refractivity contribution in [2.75, 3.05) is 12.4 Å². The highest BCUT2D eigenvalue weighted by Crippen LogP contribution is 2.28. The Morgan fingerprint density at radius 1 is 1.18 bits per heavy atom. The maximum Gasteiger partial charge on any atom is 0.269 e. The van der Waals surface area contributed by atoms with Gasteiger partial charge in [0.2, 0.25) is 0 Å². The Bertz CT molecular complexity index is 1250. The van der Waals surface area contributed by atoms with Gasteiger partial charge in [-0.3, -0.25) is 14.9 Å². The molecular formula is C24H18ClN3O5. The Hall–Kier alpha value is -4.35. The molecule has 3 aromatic rings. The highest BCUT2D eigenvalue weighted by Gasteiger charge is 2.14. The first kappa shape index (κ1) is 23.3. The second-order valence-corrected chi connectivity index (χ2v) is 7.13. The van der Waals surface area contributed by atoms with Crippen LogP contribution in [0, 0.1) is 21.4 Å². The molecule has 0 bridgehead atoms. The molecule has 33 heavy (non-hydrogen) atoms. The quantitative estimate of drug-likeness (QED) is 0.207. The molecule has 0 aromatic heterocycles. The minimum absolute atomic E-state index is 0.0213. The number of carbonyl (C=O) groups excluding carboxylic acids is 1. The summed E-state index contributed by atoms with van der Waals surface area (Å²) in [5, 5.41) is 23.3. The number of hydrogen-bond acceptors (Lipinski definition) is 6. The second-order valence-electron chi connectivity index (χ2n) is 6.72. The predicted molar refractivity (Wildman–Crippen MR) is 124 cm³/mol. The summed E-state index contributed by atoms with van der Waals surface area (Å²) in [4.78, 5) is 23.0. The Morgan fingerprint density at radius 3 is 2.55 bits per heavy atom. The number of rotatable bonds is 8. The van der Waals surface area contributed by atoms with Crippen molar-refractivity contribution in [3.8, 4) is 17.6 Å². The first-order valence-corrected chi connectivity index (χ1v) is 10.0. The molecule has 0 spiro atoms. The highest BCUT2D eigenvalue weighted by molar-refractivity contribution is 6.34. The number of halogens is 1. The van der Waals surface area contributed by atoms with E-state index in [0.717, 1.165) is 0 Å².